The third kappa shape index (κ3) is 4.65. The van der Waals surface area contributed by atoms with Crippen molar-refractivity contribution in [1.29, 1.82) is 0 Å². The van der Waals surface area contributed by atoms with Gasteiger partial charge in [0, 0.05) is 18.7 Å². The third-order valence-corrected chi connectivity index (χ3v) is 6.59. The van der Waals surface area contributed by atoms with Crippen LogP contribution in [0.5, 0.6) is 0 Å². The van der Waals surface area contributed by atoms with Crippen molar-refractivity contribution in [3.8, 4) is 17.1 Å². The van der Waals surface area contributed by atoms with E-state index in [1.807, 2.05) is 24.3 Å². The molecule has 0 radical (unpaired) electrons. The summed E-state index contributed by atoms with van der Waals surface area (Å²) in [6.07, 6.45) is 1.00. The lowest BCUT2D eigenvalue weighted by Gasteiger charge is -2.28. The van der Waals surface area contributed by atoms with Crippen LogP contribution in [0.2, 0.25) is 0 Å². The second-order valence-electron chi connectivity index (χ2n) is 7.85. The average Bonchev–Trinajstić information content (AvgIpc) is 3.51. The SMILES string of the molecule is CCc1ccc(-c2noc(CSc3nnc(N4CCOCC4)n3-c3ccccc3C)n2)cc1. The Morgan fingerprint density at radius 1 is 1.00 bits per heavy atom. The second-order valence-corrected chi connectivity index (χ2v) is 8.80. The Labute approximate surface area is 197 Å². The maximum atomic E-state index is 5.52. The predicted octanol–water partition coefficient (Wildman–Crippen LogP) is 4.32. The number of thioether (sulfide) groups is 1. The van der Waals surface area contributed by atoms with Crippen LogP contribution in [0.25, 0.3) is 17.1 Å². The first-order chi connectivity index (χ1) is 16.2. The zero-order valence-corrected chi connectivity index (χ0v) is 19.6. The molecule has 0 saturated carbocycles. The van der Waals surface area contributed by atoms with E-state index in [1.54, 1.807) is 0 Å². The number of para-hydroxylation sites is 1. The molecule has 1 aliphatic heterocycles. The van der Waals surface area contributed by atoms with Gasteiger partial charge in [-0.25, -0.2) is 0 Å². The normalized spacial score (nSPS) is 14.1. The fraction of sp³-hybridized carbons (Fsp3) is 0.333. The molecule has 0 atom stereocenters. The molecule has 3 heterocycles. The Bertz CT molecular complexity index is 1210. The highest BCUT2D eigenvalue weighted by Gasteiger charge is 2.23. The Hall–Kier alpha value is -3.17. The average molecular weight is 463 g/mol. The lowest BCUT2D eigenvalue weighted by Crippen LogP contribution is -2.38. The summed E-state index contributed by atoms with van der Waals surface area (Å²) in [6, 6.07) is 16.5. The Kier molecular flexibility index (Phi) is 6.41. The van der Waals surface area contributed by atoms with Gasteiger partial charge in [-0.2, -0.15) is 4.98 Å². The Morgan fingerprint density at radius 3 is 2.55 bits per heavy atom. The van der Waals surface area contributed by atoms with Crippen LogP contribution in [-0.2, 0) is 16.9 Å². The van der Waals surface area contributed by atoms with Crippen molar-refractivity contribution in [3.05, 3.63) is 65.5 Å². The van der Waals surface area contributed by atoms with Crippen molar-refractivity contribution in [1.82, 2.24) is 24.9 Å². The summed E-state index contributed by atoms with van der Waals surface area (Å²) in [5, 5.41) is 14.0. The maximum absolute atomic E-state index is 5.52. The molecule has 2 aromatic heterocycles. The number of anilines is 1. The lowest BCUT2D eigenvalue weighted by atomic mass is 10.1. The number of benzene rings is 2. The minimum atomic E-state index is 0.507. The van der Waals surface area contributed by atoms with Gasteiger partial charge in [0.15, 0.2) is 5.16 Å². The third-order valence-electron chi connectivity index (χ3n) is 5.68. The molecule has 0 bridgehead atoms. The molecule has 33 heavy (non-hydrogen) atoms. The van der Waals surface area contributed by atoms with Gasteiger partial charge in [0.05, 0.1) is 24.7 Å². The molecule has 0 spiro atoms. The number of morpholine rings is 1. The van der Waals surface area contributed by atoms with Crippen LogP contribution in [0.1, 0.15) is 23.9 Å². The standard InChI is InChI=1S/C24H26N6O2S/c1-3-18-8-10-19(11-9-18)22-25-21(32-28-22)16-33-24-27-26-23(29-12-14-31-15-13-29)30(24)20-7-5-4-6-17(20)2/h4-11H,3,12-16H2,1-2H3. The van der Waals surface area contributed by atoms with Crippen LogP contribution < -0.4 is 4.90 Å². The zero-order chi connectivity index (χ0) is 22.6. The molecule has 170 valence electrons. The van der Waals surface area contributed by atoms with Crippen molar-refractivity contribution in [3.63, 3.8) is 0 Å². The molecule has 1 saturated heterocycles. The molecular formula is C24H26N6O2S. The van der Waals surface area contributed by atoms with E-state index >= 15 is 0 Å². The number of nitrogens with zero attached hydrogens (tertiary/aromatic N) is 6. The van der Waals surface area contributed by atoms with Crippen molar-refractivity contribution in [2.45, 2.75) is 31.2 Å². The minimum Gasteiger partial charge on any atom is -0.378 e. The largest absolute Gasteiger partial charge is 0.378 e. The Balaban J connectivity index is 1.39. The number of hydrogen-bond donors (Lipinski definition) is 0. The van der Waals surface area contributed by atoms with Gasteiger partial charge in [0.25, 0.3) is 0 Å². The molecule has 0 amide bonds. The summed E-state index contributed by atoms with van der Waals surface area (Å²) >= 11 is 1.54. The molecular weight excluding hydrogens is 436 g/mol. The fourth-order valence-corrected chi connectivity index (χ4v) is 4.57. The molecule has 0 unspecified atom stereocenters. The first-order valence-electron chi connectivity index (χ1n) is 11.1. The van der Waals surface area contributed by atoms with Gasteiger partial charge in [-0.15, -0.1) is 10.2 Å². The number of rotatable bonds is 7. The second kappa shape index (κ2) is 9.76. The smallest absolute Gasteiger partial charge is 0.237 e. The number of hydrogen-bond acceptors (Lipinski definition) is 8. The van der Waals surface area contributed by atoms with Crippen LogP contribution in [-0.4, -0.2) is 51.2 Å². The number of aromatic nitrogens is 5. The molecule has 4 aromatic rings. The van der Waals surface area contributed by atoms with Crippen molar-refractivity contribution < 1.29 is 9.26 Å². The van der Waals surface area contributed by atoms with E-state index in [0.717, 1.165) is 47.4 Å². The van der Waals surface area contributed by atoms with E-state index in [9.17, 15) is 0 Å². The predicted molar refractivity (Wildman–Crippen MR) is 128 cm³/mol. The quantitative estimate of drug-likeness (QED) is 0.376. The van der Waals surface area contributed by atoms with Gasteiger partial charge < -0.3 is 14.2 Å². The first-order valence-corrected chi connectivity index (χ1v) is 12.1. The first kappa shape index (κ1) is 21.7. The highest BCUT2D eigenvalue weighted by atomic mass is 32.2. The van der Waals surface area contributed by atoms with E-state index in [1.165, 1.54) is 17.3 Å². The summed E-state index contributed by atoms with van der Waals surface area (Å²) in [5.74, 6) is 2.49. The van der Waals surface area contributed by atoms with Gasteiger partial charge in [-0.1, -0.05) is 66.3 Å². The summed E-state index contributed by atoms with van der Waals surface area (Å²) in [4.78, 5) is 6.80. The summed E-state index contributed by atoms with van der Waals surface area (Å²) in [5.41, 5.74) is 4.45. The topological polar surface area (TPSA) is 82.1 Å². The van der Waals surface area contributed by atoms with Crippen LogP contribution in [0.3, 0.4) is 0 Å². The molecule has 2 aromatic carbocycles. The van der Waals surface area contributed by atoms with Gasteiger partial charge >= 0.3 is 0 Å². The van der Waals surface area contributed by atoms with Crippen LogP contribution in [0.15, 0.2) is 58.2 Å². The Morgan fingerprint density at radius 2 is 1.79 bits per heavy atom. The molecule has 1 fully saturated rings. The highest BCUT2D eigenvalue weighted by molar-refractivity contribution is 7.98. The summed E-state index contributed by atoms with van der Waals surface area (Å²) in [6.45, 7) is 7.19. The molecule has 8 nitrogen and oxygen atoms in total. The van der Waals surface area contributed by atoms with Crippen molar-refractivity contribution >= 4 is 17.7 Å². The van der Waals surface area contributed by atoms with Gasteiger partial charge in [0.2, 0.25) is 17.7 Å². The lowest BCUT2D eigenvalue weighted by molar-refractivity contribution is 0.122. The van der Waals surface area contributed by atoms with Crippen molar-refractivity contribution in [2.75, 3.05) is 31.2 Å². The molecule has 1 aliphatic rings. The zero-order valence-electron chi connectivity index (χ0n) is 18.8. The van der Waals surface area contributed by atoms with E-state index in [-0.39, 0.29) is 0 Å². The fourth-order valence-electron chi connectivity index (χ4n) is 3.80. The molecule has 0 N–H and O–H groups in total. The molecule has 5 rings (SSSR count). The van der Waals surface area contributed by atoms with Crippen molar-refractivity contribution in [2.24, 2.45) is 0 Å². The highest BCUT2D eigenvalue weighted by Crippen LogP contribution is 2.30. The number of ether oxygens (including phenoxy) is 1. The van der Waals surface area contributed by atoms with E-state index in [0.29, 0.717) is 30.7 Å². The van der Waals surface area contributed by atoms with E-state index in [2.05, 4.69) is 67.9 Å². The van der Waals surface area contributed by atoms with Gasteiger partial charge in [0.1, 0.15) is 0 Å². The summed E-state index contributed by atoms with van der Waals surface area (Å²) in [7, 11) is 0. The van der Waals surface area contributed by atoms with E-state index < -0.39 is 0 Å². The minimum absolute atomic E-state index is 0.507. The summed E-state index contributed by atoms with van der Waals surface area (Å²) < 4.78 is 13.2. The van der Waals surface area contributed by atoms with Crippen LogP contribution in [0.4, 0.5) is 5.95 Å². The molecule has 0 aliphatic carbocycles. The van der Waals surface area contributed by atoms with Crippen LogP contribution in [0, 0.1) is 6.92 Å². The van der Waals surface area contributed by atoms with Crippen LogP contribution >= 0.6 is 11.8 Å². The van der Waals surface area contributed by atoms with Gasteiger partial charge in [-0.3, -0.25) is 4.57 Å². The molecule has 9 heteroatoms. The van der Waals surface area contributed by atoms with E-state index in [4.69, 9.17) is 9.26 Å². The van der Waals surface area contributed by atoms with Gasteiger partial charge in [-0.05, 0) is 30.5 Å². The maximum Gasteiger partial charge on any atom is 0.237 e. The monoisotopic (exact) mass is 462 g/mol. The number of aryl methyl sites for hydroxylation is 2.